The van der Waals surface area contributed by atoms with E-state index in [-0.39, 0.29) is 6.10 Å². The number of rotatable bonds is 6. The van der Waals surface area contributed by atoms with Crippen LogP contribution < -0.4 is 0 Å². The molecule has 0 aromatic heterocycles. The Morgan fingerprint density at radius 2 is 1.80 bits per heavy atom. The predicted octanol–water partition coefficient (Wildman–Crippen LogP) is 2.56. The van der Waals surface area contributed by atoms with E-state index >= 15 is 0 Å². The summed E-state index contributed by atoms with van der Waals surface area (Å²) in [6.07, 6.45) is 5.46. The summed E-state index contributed by atoms with van der Waals surface area (Å²) in [5.74, 6) is 0.772. The summed E-state index contributed by atoms with van der Waals surface area (Å²) < 4.78 is 0. The van der Waals surface area contributed by atoms with Gasteiger partial charge in [-0.25, -0.2) is 0 Å². The number of alkyl halides is 1. The highest BCUT2D eigenvalue weighted by Gasteiger charge is 1.94. The van der Waals surface area contributed by atoms with Crippen molar-refractivity contribution >= 4 is 11.6 Å². The van der Waals surface area contributed by atoms with Crippen LogP contribution in [0, 0.1) is 0 Å². The van der Waals surface area contributed by atoms with Crippen LogP contribution in [-0.4, -0.2) is 17.1 Å². The number of aliphatic hydroxyl groups is 1. The van der Waals surface area contributed by atoms with Gasteiger partial charge in [0.15, 0.2) is 0 Å². The lowest BCUT2D eigenvalue weighted by atomic mass is 10.1. The predicted molar refractivity (Wildman–Crippen MR) is 45.5 cm³/mol. The second-order valence-electron chi connectivity index (χ2n) is 2.74. The van der Waals surface area contributed by atoms with E-state index in [0.717, 1.165) is 25.1 Å². The van der Waals surface area contributed by atoms with Gasteiger partial charge in [0.05, 0.1) is 6.10 Å². The van der Waals surface area contributed by atoms with Gasteiger partial charge in [-0.3, -0.25) is 0 Å². The van der Waals surface area contributed by atoms with Gasteiger partial charge < -0.3 is 5.11 Å². The molecule has 0 saturated carbocycles. The van der Waals surface area contributed by atoms with E-state index in [9.17, 15) is 0 Å². The highest BCUT2D eigenvalue weighted by Crippen LogP contribution is 2.05. The van der Waals surface area contributed by atoms with Gasteiger partial charge in [-0.15, -0.1) is 11.6 Å². The molecule has 0 fully saturated rings. The lowest BCUT2D eigenvalue weighted by Crippen LogP contribution is -1.98. The molecule has 1 N–H and O–H groups in total. The van der Waals surface area contributed by atoms with E-state index in [2.05, 4.69) is 0 Å². The summed E-state index contributed by atoms with van der Waals surface area (Å²) in [5.41, 5.74) is 0. The molecule has 1 atom stereocenters. The van der Waals surface area contributed by atoms with E-state index < -0.39 is 0 Å². The highest BCUT2D eigenvalue weighted by molar-refractivity contribution is 6.17. The fourth-order valence-corrected chi connectivity index (χ4v) is 1.08. The van der Waals surface area contributed by atoms with Crippen LogP contribution in [0.3, 0.4) is 0 Å². The Hall–Kier alpha value is 0.250. The minimum absolute atomic E-state index is 0.129. The standard InChI is InChI=1S/C8H17ClO/c1-8(10)6-4-2-3-5-7-9/h8,10H,2-7H2,1H3. The van der Waals surface area contributed by atoms with Crippen molar-refractivity contribution in [2.45, 2.75) is 45.1 Å². The molecule has 0 rings (SSSR count). The lowest BCUT2D eigenvalue weighted by molar-refractivity contribution is 0.180. The van der Waals surface area contributed by atoms with E-state index in [1.165, 1.54) is 12.8 Å². The molecule has 10 heavy (non-hydrogen) atoms. The molecule has 1 nitrogen and oxygen atoms in total. The Morgan fingerprint density at radius 1 is 1.20 bits per heavy atom. The lowest BCUT2D eigenvalue weighted by Gasteiger charge is -2.01. The van der Waals surface area contributed by atoms with E-state index in [0.29, 0.717) is 0 Å². The molecule has 0 amide bonds. The van der Waals surface area contributed by atoms with Gasteiger partial charge in [0, 0.05) is 5.88 Å². The summed E-state index contributed by atoms with van der Waals surface area (Å²) >= 11 is 5.49. The van der Waals surface area contributed by atoms with Gasteiger partial charge in [-0.1, -0.05) is 19.3 Å². The first kappa shape index (κ1) is 10.2. The van der Waals surface area contributed by atoms with Crippen LogP contribution in [0.4, 0.5) is 0 Å². The van der Waals surface area contributed by atoms with Crippen molar-refractivity contribution in [3.05, 3.63) is 0 Å². The van der Waals surface area contributed by atoms with E-state index in [1.807, 2.05) is 6.92 Å². The van der Waals surface area contributed by atoms with Gasteiger partial charge in [-0.2, -0.15) is 0 Å². The molecule has 0 aromatic rings. The first-order valence-electron chi connectivity index (χ1n) is 4.01. The maximum Gasteiger partial charge on any atom is 0.0512 e. The molecule has 0 aliphatic rings. The van der Waals surface area contributed by atoms with Crippen LogP contribution in [0.25, 0.3) is 0 Å². The van der Waals surface area contributed by atoms with Crippen LogP contribution in [0.1, 0.15) is 39.0 Å². The van der Waals surface area contributed by atoms with Crippen molar-refractivity contribution in [3.8, 4) is 0 Å². The van der Waals surface area contributed by atoms with Crippen LogP contribution in [0.15, 0.2) is 0 Å². The minimum Gasteiger partial charge on any atom is -0.393 e. The number of halogens is 1. The molecule has 0 radical (unpaired) electrons. The fraction of sp³-hybridized carbons (Fsp3) is 1.00. The van der Waals surface area contributed by atoms with Crippen LogP contribution in [0.5, 0.6) is 0 Å². The van der Waals surface area contributed by atoms with Crippen molar-refractivity contribution in [2.24, 2.45) is 0 Å². The summed E-state index contributed by atoms with van der Waals surface area (Å²) in [6.45, 7) is 1.83. The largest absolute Gasteiger partial charge is 0.393 e. The Bertz CT molecular complexity index is 64.3. The molecule has 0 spiro atoms. The molecule has 0 saturated heterocycles. The molecule has 0 heterocycles. The van der Waals surface area contributed by atoms with Gasteiger partial charge in [-0.05, 0) is 19.8 Å². The molecule has 0 aromatic carbocycles. The second-order valence-corrected chi connectivity index (χ2v) is 3.12. The third kappa shape index (κ3) is 8.25. The normalized spacial score (nSPS) is 13.5. The topological polar surface area (TPSA) is 20.2 Å². The first-order valence-corrected chi connectivity index (χ1v) is 4.55. The Labute approximate surface area is 68.4 Å². The monoisotopic (exact) mass is 164 g/mol. The maximum atomic E-state index is 8.88. The van der Waals surface area contributed by atoms with Crippen molar-refractivity contribution < 1.29 is 5.11 Å². The molecular weight excluding hydrogens is 148 g/mol. The molecular formula is C8H17ClO. The number of unbranched alkanes of at least 4 members (excludes halogenated alkanes) is 3. The zero-order chi connectivity index (χ0) is 7.82. The summed E-state index contributed by atoms with van der Waals surface area (Å²) in [6, 6.07) is 0. The summed E-state index contributed by atoms with van der Waals surface area (Å²) in [4.78, 5) is 0. The van der Waals surface area contributed by atoms with E-state index in [1.54, 1.807) is 0 Å². The Balaban J connectivity index is 2.77. The fourth-order valence-electron chi connectivity index (χ4n) is 0.888. The number of hydrogen-bond acceptors (Lipinski definition) is 1. The maximum absolute atomic E-state index is 8.88. The third-order valence-electron chi connectivity index (χ3n) is 1.51. The highest BCUT2D eigenvalue weighted by atomic mass is 35.5. The molecule has 62 valence electrons. The zero-order valence-electron chi connectivity index (χ0n) is 6.65. The molecule has 1 unspecified atom stereocenters. The molecule has 0 aliphatic carbocycles. The van der Waals surface area contributed by atoms with Crippen LogP contribution >= 0.6 is 11.6 Å². The summed E-state index contributed by atoms with van der Waals surface area (Å²) in [5, 5.41) is 8.88. The summed E-state index contributed by atoms with van der Waals surface area (Å²) in [7, 11) is 0. The second kappa shape index (κ2) is 7.36. The minimum atomic E-state index is -0.129. The third-order valence-corrected chi connectivity index (χ3v) is 1.77. The number of hydrogen-bond donors (Lipinski definition) is 1. The van der Waals surface area contributed by atoms with Crippen molar-refractivity contribution in [2.75, 3.05) is 5.88 Å². The quantitative estimate of drug-likeness (QED) is 0.473. The van der Waals surface area contributed by atoms with Crippen molar-refractivity contribution in [1.82, 2.24) is 0 Å². The average Bonchev–Trinajstić information content (AvgIpc) is 1.87. The van der Waals surface area contributed by atoms with Gasteiger partial charge >= 0.3 is 0 Å². The zero-order valence-corrected chi connectivity index (χ0v) is 7.40. The van der Waals surface area contributed by atoms with Crippen molar-refractivity contribution in [1.29, 1.82) is 0 Å². The van der Waals surface area contributed by atoms with Crippen molar-refractivity contribution in [3.63, 3.8) is 0 Å². The molecule has 2 heteroatoms. The average molecular weight is 165 g/mol. The van der Waals surface area contributed by atoms with Crippen LogP contribution in [-0.2, 0) is 0 Å². The Kier molecular flexibility index (Phi) is 7.54. The molecule has 0 bridgehead atoms. The van der Waals surface area contributed by atoms with Gasteiger partial charge in [0.1, 0.15) is 0 Å². The molecule has 0 aliphatic heterocycles. The SMILES string of the molecule is CC(O)CCCCCCCl. The van der Waals surface area contributed by atoms with Gasteiger partial charge in [0.2, 0.25) is 0 Å². The number of aliphatic hydroxyl groups excluding tert-OH is 1. The van der Waals surface area contributed by atoms with Gasteiger partial charge in [0.25, 0.3) is 0 Å². The van der Waals surface area contributed by atoms with Crippen LogP contribution in [0.2, 0.25) is 0 Å². The Morgan fingerprint density at radius 3 is 2.30 bits per heavy atom. The van der Waals surface area contributed by atoms with E-state index in [4.69, 9.17) is 16.7 Å². The first-order chi connectivity index (χ1) is 4.77. The smallest absolute Gasteiger partial charge is 0.0512 e.